The molecule has 9 nitrogen and oxygen atoms in total. The summed E-state index contributed by atoms with van der Waals surface area (Å²) in [6.45, 7) is 8.12. The SMILES string of the molecule is CC(C)Nc1cc(-c2ccc3cc(C#N)cnn23)ncc1-c1nnc(N2CC3(CCC(C)(O)CC3)C2)s1. The van der Waals surface area contributed by atoms with Gasteiger partial charge < -0.3 is 15.3 Å². The number of hydrogen-bond acceptors (Lipinski definition) is 9. The number of fused-ring (bicyclic) bond motifs is 1. The molecule has 190 valence electrons. The van der Waals surface area contributed by atoms with Gasteiger partial charge >= 0.3 is 0 Å². The highest BCUT2D eigenvalue weighted by Crippen LogP contribution is 2.49. The van der Waals surface area contributed by atoms with Crippen LogP contribution in [0.5, 0.6) is 0 Å². The van der Waals surface area contributed by atoms with Crippen LogP contribution in [0.1, 0.15) is 52.0 Å². The van der Waals surface area contributed by atoms with Gasteiger partial charge in [0.2, 0.25) is 5.13 Å². The van der Waals surface area contributed by atoms with Crippen molar-refractivity contribution in [2.45, 2.75) is 58.1 Å². The fraction of sp³-hybridized carbons (Fsp3) is 0.444. The molecular weight excluding hydrogens is 484 g/mol. The van der Waals surface area contributed by atoms with Crippen molar-refractivity contribution in [2.24, 2.45) is 5.41 Å². The number of hydrogen-bond donors (Lipinski definition) is 2. The molecule has 37 heavy (non-hydrogen) atoms. The van der Waals surface area contributed by atoms with Gasteiger partial charge in [-0.1, -0.05) is 11.3 Å². The van der Waals surface area contributed by atoms with E-state index >= 15 is 0 Å². The number of nitrogens with zero attached hydrogens (tertiary/aromatic N) is 7. The van der Waals surface area contributed by atoms with Crippen molar-refractivity contribution >= 4 is 27.7 Å². The fourth-order valence-electron chi connectivity index (χ4n) is 5.44. The molecule has 4 aromatic rings. The largest absolute Gasteiger partial charge is 0.390 e. The molecular formula is C27H30N8OS. The van der Waals surface area contributed by atoms with E-state index in [9.17, 15) is 10.4 Å². The Hall–Kier alpha value is -3.55. The molecule has 0 bridgehead atoms. The second kappa shape index (κ2) is 8.78. The Morgan fingerprint density at radius 2 is 1.89 bits per heavy atom. The Bertz CT molecular complexity index is 1500. The summed E-state index contributed by atoms with van der Waals surface area (Å²) in [7, 11) is 0. The summed E-state index contributed by atoms with van der Waals surface area (Å²) in [5.41, 5.74) is 4.68. The molecule has 1 spiro atoms. The molecule has 1 saturated carbocycles. The molecule has 0 aromatic carbocycles. The Morgan fingerprint density at radius 1 is 1.11 bits per heavy atom. The van der Waals surface area contributed by atoms with Crippen LogP contribution < -0.4 is 10.2 Å². The number of aliphatic hydroxyl groups is 1. The third kappa shape index (κ3) is 4.43. The summed E-state index contributed by atoms with van der Waals surface area (Å²) < 4.78 is 1.80. The molecule has 2 N–H and O–H groups in total. The van der Waals surface area contributed by atoms with Crippen LogP contribution in [-0.2, 0) is 0 Å². The first-order valence-electron chi connectivity index (χ1n) is 12.7. The van der Waals surface area contributed by atoms with Crippen molar-refractivity contribution in [3.05, 3.63) is 42.2 Å². The van der Waals surface area contributed by atoms with Crippen LogP contribution in [0.15, 0.2) is 36.7 Å². The number of aromatic nitrogens is 5. The van der Waals surface area contributed by atoms with Gasteiger partial charge in [0.1, 0.15) is 6.07 Å². The van der Waals surface area contributed by atoms with Crippen LogP contribution >= 0.6 is 11.3 Å². The summed E-state index contributed by atoms with van der Waals surface area (Å²) >= 11 is 1.59. The van der Waals surface area contributed by atoms with Crippen LogP contribution in [0.25, 0.3) is 27.5 Å². The summed E-state index contributed by atoms with van der Waals surface area (Å²) in [6, 6.07) is 10.1. The molecule has 4 aromatic heterocycles. The highest BCUT2D eigenvalue weighted by atomic mass is 32.1. The van der Waals surface area contributed by atoms with Gasteiger partial charge in [0, 0.05) is 36.4 Å². The van der Waals surface area contributed by atoms with Crippen LogP contribution in [0.2, 0.25) is 0 Å². The molecule has 6 rings (SSSR count). The van der Waals surface area contributed by atoms with E-state index in [2.05, 4.69) is 45.4 Å². The Morgan fingerprint density at radius 3 is 2.62 bits per heavy atom. The average Bonchev–Trinajstić information content (AvgIpc) is 3.49. The van der Waals surface area contributed by atoms with Crippen molar-refractivity contribution in [3.8, 4) is 28.0 Å². The van der Waals surface area contributed by atoms with E-state index in [1.165, 1.54) is 0 Å². The Labute approximate surface area is 219 Å². The van der Waals surface area contributed by atoms with E-state index in [-0.39, 0.29) is 6.04 Å². The van der Waals surface area contributed by atoms with Gasteiger partial charge in [-0.15, -0.1) is 10.2 Å². The van der Waals surface area contributed by atoms with E-state index in [0.717, 1.165) is 77.1 Å². The maximum Gasteiger partial charge on any atom is 0.208 e. The minimum absolute atomic E-state index is 0.223. The van der Waals surface area contributed by atoms with E-state index < -0.39 is 5.60 Å². The molecule has 0 unspecified atom stereocenters. The summed E-state index contributed by atoms with van der Waals surface area (Å²) in [4.78, 5) is 7.08. The highest BCUT2D eigenvalue weighted by molar-refractivity contribution is 7.18. The zero-order valence-corrected chi connectivity index (χ0v) is 22.1. The lowest BCUT2D eigenvalue weighted by Crippen LogP contribution is -2.59. The third-order valence-corrected chi connectivity index (χ3v) is 8.61. The molecule has 0 amide bonds. The third-order valence-electron chi connectivity index (χ3n) is 7.60. The van der Waals surface area contributed by atoms with Crippen LogP contribution in [0.3, 0.4) is 0 Å². The van der Waals surface area contributed by atoms with Gasteiger partial charge in [0.05, 0.1) is 39.8 Å². The quantitative estimate of drug-likeness (QED) is 0.392. The predicted molar refractivity (Wildman–Crippen MR) is 145 cm³/mol. The molecule has 1 saturated heterocycles. The van der Waals surface area contributed by atoms with Gasteiger partial charge in [0.15, 0.2) is 5.01 Å². The van der Waals surface area contributed by atoms with Crippen molar-refractivity contribution in [2.75, 3.05) is 23.3 Å². The van der Waals surface area contributed by atoms with Crippen molar-refractivity contribution in [1.82, 2.24) is 24.8 Å². The minimum atomic E-state index is -0.511. The number of anilines is 2. The monoisotopic (exact) mass is 514 g/mol. The molecule has 1 aliphatic carbocycles. The minimum Gasteiger partial charge on any atom is -0.390 e. The van der Waals surface area contributed by atoms with Gasteiger partial charge in [-0.05, 0) is 70.7 Å². The summed E-state index contributed by atoms with van der Waals surface area (Å²) in [5, 5.41) is 38.3. The van der Waals surface area contributed by atoms with E-state index in [0.29, 0.717) is 11.0 Å². The molecule has 2 aliphatic rings. The van der Waals surface area contributed by atoms with E-state index in [1.54, 1.807) is 22.0 Å². The van der Waals surface area contributed by atoms with Crippen LogP contribution in [0, 0.1) is 16.7 Å². The number of nitriles is 1. The fourth-order valence-corrected chi connectivity index (χ4v) is 6.30. The smallest absolute Gasteiger partial charge is 0.208 e. The predicted octanol–water partition coefficient (Wildman–Crippen LogP) is 4.74. The van der Waals surface area contributed by atoms with Crippen LogP contribution in [0.4, 0.5) is 10.8 Å². The first-order chi connectivity index (χ1) is 17.7. The van der Waals surface area contributed by atoms with Gasteiger partial charge in [-0.25, -0.2) is 4.52 Å². The van der Waals surface area contributed by atoms with Crippen molar-refractivity contribution in [3.63, 3.8) is 0 Å². The maximum atomic E-state index is 10.3. The number of nitrogens with one attached hydrogen (secondary N) is 1. The number of pyridine rings is 1. The average molecular weight is 515 g/mol. The summed E-state index contributed by atoms with van der Waals surface area (Å²) in [5.74, 6) is 0. The molecule has 5 heterocycles. The topological polar surface area (TPSA) is 115 Å². The van der Waals surface area contributed by atoms with Gasteiger partial charge in [-0.2, -0.15) is 10.4 Å². The molecule has 0 radical (unpaired) electrons. The normalized spacial score (nSPS) is 18.2. The second-order valence-corrected chi connectivity index (χ2v) is 12.0. The molecule has 10 heteroatoms. The Kier molecular flexibility index (Phi) is 5.66. The van der Waals surface area contributed by atoms with Crippen molar-refractivity contribution < 1.29 is 5.11 Å². The Balaban J connectivity index is 1.26. The summed E-state index contributed by atoms with van der Waals surface area (Å²) in [6.07, 6.45) is 7.30. The maximum absolute atomic E-state index is 10.3. The lowest BCUT2D eigenvalue weighted by atomic mass is 9.65. The highest BCUT2D eigenvalue weighted by Gasteiger charge is 2.48. The zero-order chi connectivity index (χ0) is 25.8. The van der Waals surface area contributed by atoms with Gasteiger partial charge in [-0.3, -0.25) is 4.98 Å². The molecule has 2 fully saturated rings. The van der Waals surface area contributed by atoms with E-state index in [1.807, 2.05) is 37.4 Å². The first kappa shape index (κ1) is 23.8. The lowest BCUT2D eigenvalue weighted by molar-refractivity contribution is -0.0281. The van der Waals surface area contributed by atoms with Crippen molar-refractivity contribution in [1.29, 1.82) is 5.26 Å². The van der Waals surface area contributed by atoms with E-state index in [4.69, 9.17) is 4.98 Å². The van der Waals surface area contributed by atoms with Gasteiger partial charge in [0.25, 0.3) is 0 Å². The van der Waals surface area contributed by atoms with Crippen LogP contribution in [-0.4, -0.2) is 54.6 Å². The standard InChI is InChI=1S/C27H30N8OS/c1-17(2)31-21-11-22(23-5-4-19-10-18(12-28)13-30-35(19)23)29-14-20(21)24-32-33-25(37-24)34-15-27(16-34)8-6-26(3,36)7-9-27/h4-5,10-11,13-14,17,36H,6-9,15-16H2,1-3H3,(H,29,31). The first-order valence-corrected chi connectivity index (χ1v) is 13.5. The zero-order valence-electron chi connectivity index (χ0n) is 21.3. The lowest BCUT2D eigenvalue weighted by Gasteiger charge is -2.54. The number of rotatable bonds is 5. The second-order valence-electron chi connectivity index (χ2n) is 11.1. The molecule has 1 aliphatic heterocycles. The molecule has 0 atom stereocenters.